The number of nitrogens with one attached hydrogen (secondary N) is 2. The summed E-state index contributed by atoms with van der Waals surface area (Å²) in [6.07, 6.45) is 0. The number of rotatable bonds is 5. The van der Waals surface area contributed by atoms with E-state index in [-0.39, 0.29) is 17.7 Å². The van der Waals surface area contributed by atoms with Crippen molar-refractivity contribution in [2.45, 2.75) is 19.9 Å². The van der Waals surface area contributed by atoms with Crippen LogP contribution in [0.15, 0.2) is 48.5 Å². The lowest BCUT2D eigenvalue weighted by atomic mass is 10.0. The molecule has 0 saturated heterocycles. The maximum atomic E-state index is 12.7. The van der Waals surface area contributed by atoms with E-state index in [1.807, 2.05) is 19.9 Å². The van der Waals surface area contributed by atoms with Crippen molar-refractivity contribution in [3.8, 4) is 11.5 Å². The molecule has 6 heteroatoms. The van der Waals surface area contributed by atoms with Gasteiger partial charge in [0, 0.05) is 17.3 Å². The van der Waals surface area contributed by atoms with Gasteiger partial charge in [-0.3, -0.25) is 9.59 Å². The van der Waals surface area contributed by atoms with Crippen molar-refractivity contribution in [2.24, 2.45) is 5.92 Å². The Bertz CT molecular complexity index is 790. The van der Waals surface area contributed by atoms with Crippen LogP contribution in [0.25, 0.3) is 0 Å². The largest absolute Gasteiger partial charge is 0.486 e. The highest BCUT2D eigenvalue weighted by Gasteiger charge is 2.25. The number of hydrogen-bond acceptors (Lipinski definition) is 4. The third kappa shape index (κ3) is 4.14. The zero-order valence-corrected chi connectivity index (χ0v) is 14.8. The highest BCUT2D eigenvalue weighted by Crippen LogP contribution is 2.32. The number of carbonyl (C=O) groups excluding carboxylic acids is 2. The van der Waals surface area contributed by atoms with E-state index in [0.29, 0.717) is 36.0 Å². The second kappa shape index (κ2) is 7.91. The van der Waals surface area contributed by atoms with Crippen LogP contribution < -0.4 is 20.1 Å². The topological polar surface area (TPSA) is 76.7 Å². The fraction of sp³-hybridized carbons (Fsp3) is 0.300. The van der Waals surface area contributed by atoms with E-state index in [1.54, 1.807) is 42.5 Å². The van der Waals surface area contributed by atoms with Gasteiger partial charge in [0.05, 0.1) is 0 Å². The van der Waals surface area contributed by atoms with E-state index in [0.717, 1.165) is 0 Å². The summed E-state index contributed by atoms with van der Waals surface area (Å²) in [5.74, 6) is 0.637. The molecule has 6 nitrogen and oxygen atoms in total. The Labute approximate surface area is 152 Å². The van der Waals surface area contributed by atoms with Gasteiger partial charge in [0.15, 0.2) is 11.5 Å². The summed E-state index contributed by atoms with van der Waals surface area (Å²) >= 11 is 0. The van der Waals surface area contributed by atoms with E-state index in [1.165, 1.54) is 0 Å². The van der Waals surface area contributed by atoms with Gasteiger partial charge in [-0.15, -0.1) is 0 Å². The molecule has 0 aromatic heterocycles. The van der Waals surface area contributed by atoms with Crippen LogP contribution in [0.4, 0.5) is 5.69 Å². The first-order valence-corrected chi connectivity index (χ1v) is 8.61. The molecular weight excluding hydrogens is 332 g/mol. The van der Waals surface area contributed by atoms with Crippen molar-refractivity contribution in [1.29, 1.82) is 0 Å². The summed E-state index contributed by atoms with van der Waals surface area (Å²) in [6.45, 7) is 4.77. The van der Waals surface area contributed by atoms with E-state index < -0.39 is 6.04 Å². The third-order valence-corrected chi connectivity index (χ3v) is 4.08. The molecule has 0 aliphatic carbocycles. The third-order valence-electron chi connectivity index (χ3n) is 4.08. The van der Waals surface area contributed by atoms with E-state index in [2.05, 4.69) is 10.6 Å². The highest BCUT2D eigenvalue weighted by atomic mass is 16.6. The van der Waals surface area contributed by atoms with Crippen molar-refractivity contribution >= 4 is 17.5 Å². The molecule has 1 aliphatic heterocycles. The number of hydrogen-bond donors (Lipinski definition) is 2. The highest BCUT2D eigenvalue weighted by molar-refractivity contribution is 6.01. The number of amides is 2. The molecule has 0 fully saturated rings. The smallest absolute Gasteiger partial charge is 0.251 e. The summed E-state index contributed by atoms with van der Waals surface area (Å²) < 4.78 is 11.0. The first-order valence-electron chi connectivity index (χ1n) is 8.61. The van der Waals surface area contributed by atoms with Gasteiger partial charge in [-0.1, -0.05) is 32.0 Å². The van der Waals surface area contributed by atoms with Crippen LogP contribution in [0.5, 0.6) is 11.5 Å². The first-order chi connectivity index (χ1) is 12.5. The molecule has 0 bridgehead atoms. The molecule has 2 N–H and O–H groups in total. The molecule has 0 saturated carbocycles. The van der Waals surface area contributed by atoms with Crippen molar-refractivity contribution in [1.82, 2.24) is 5.32 Å². The monoisotopic (exact) mass is 354 g/mol. The Morgan fingerprint density at radius 1 is 0.962 bits per heavy atom. The molecular formula is C20H22N2O4. The molecule has 2 aromatic rings. The average molecular weight is 354 g/mol. The Kier molecular flexibility index (Phi) is 5.41. The molecule has 3 rings (SSSR count). The second-order valence-corrected chi connectivity index (χ2v) is 6.41. The summed E-state index contributed by atoms with van der Waals surface area (Å²) in [5.41, 5.74) is 1.11. The second-order valence-electron chi connectivity index (χ2n) is 6.41. The van der Waals surface area contributed by atoms with Gasteiger partial charge in [0.1, 0.15) is 19.3 Å². The first kappa shape index (κ1) is 17.8. The van der Waals surface area contributed by atoms with Gasteiger partial charge in [-0.05, 0) is 30.2 Å². The molecule has 0 spiro atoms. The van der Waals surface area contributed by atoms with Gasteiger partial charge < -0.3 is 20.1 Å². The molecule has 0 radical (unpaired) electrons. The van der Waals surface area contributed by atoms with Crippen LogP contribution in [0.2, 0.25) is 0 Å². The van der Waals surface area contributed by atoms with E-state index in [4.69, 9.17) is 9.47 Å². The maximum absolute atomic E-state index is 12.7. The van der Waals surface area contributed by atoms with Gasteiger partial charge >= 0.3 is 0 Å². The van der Waals surface area contributed by atoms with Crippen molar-refractivity contribution in [3.63, 3.8) is 0 Å². The van der Waals surface area contributed by atoms with E-state index >= 15 is 0 Å². The Morgan fingerprint density at radius 3 is 2.35 bits per heavy atom. The summed E-state index contributed by atoms with van der Waals surface area (Å²) in [7, 11) is 0. The Hall–Kier alpha value is -3.02. The predicted octanol–water partition coefficient (Wildman–Crippen LogP) is 2.85. The van der Waals surface area contributed by atoms with Gasteiger partial charge in [0.25, 0.3) is 5.91 Å². The molecule has 26 heavy (non-hydrogen) atoms. The number of fused-ring (bicyclic) bond motifs is 1. The fourth-order valence-corrected chi connectivity index (χ4v) is 2.69. The SMILES string of the molecule is CC(C)C(NC(=O)c1ccccc1)C(=O)Nc1ccc2c(c1)OCCO2. The van der Waals surface area contributed by atoms with Crippen LogP contribution in [-0.4, -0.2) is 31.1 Å². The van der Waals surface area contributed by atoms with Gasteiger partial charge in [-0.25, -0.2) is 0 Å². The summed E-state index contributed by atoms with van der Waals surface area (Å²) in [5, 5.41) is 5.65. The quantitative estimate of drug-likeness (QED) is 0.866. The number of carbonyl (C=O) groups is 2. The van der Waals surface area contributed by atoms with Crippen molar-refractivity contribution in [2.75, 3.05) is 18.5 Å². The number of ether oxygens (including phenoxy) is 2. The van der Waals surface area contributed by atoms with E-state index in [9.17, 15) is 9.59 Å². The van der Waals surface area contributed by atoms with Gasteiger partial charge in [0.2, 0.25) is 5.91 Å². The standard InChI is InChI=1S/C20H22N2O4/c1-13(2)18(22-19(23)14-6-4-3-5-7-14)20(24)21-15-8-9-16-17(12-15)26-11-10-25-16/h3-9,12-13,18H,10-11H2,1-2H3,(H,21,24)(H,22,23). The minimum absolute atomic E-state index is 0.0696. The Balaban J connectivity index is 1.70. The normalized spacial score (nSPS) is 13.8. The maximum Gasteiger partial charge on any atom is 0.251 e. The minimum Gasteiger partial charge on any atom is -0.486 e. The van der Waals surface area contributed by atoms with Crippen LogP contribution in [0.3, 0.4) is 0 Å². The van der Waals surface area contributed by atoms with Crippen LogP contribution >= 0.6 is 0 Å². The molecule has 1 aliphatic rings. The lowest BCUT2D eigenvalue weighted by Gasteiger charge is -2.23. The van der Waals surface area contributed by atoms with Crippen LogP contribution in [-0.2, 0) is 4.79 Å². The van der Waals surface area contributed by atoms with Crippen molar-refractivity contribution < 1.29 is 19.1 Å². The molecule has 2 aromatic carbocycles. The predicted molar refractivity (Wildman–Crippen MR) is 98.6 cm³/mol. The van der Waals surface area contributed by atoms with Crippen molar-refractivity contribution in [3.05, 3.63) is 54.1 Å². The van der Waals surface area contributed by atoms with Gasteiger partial charge in [-0.2, -0.15) is 0 Å². The Morgan fingerprint density at radius 2 is 1.65 bits per heavy atom. The number of benzene rings is 2. The zero-order valence-electron chi connectivity index (χ0n) is 14.8. The summed E-state index contributed by atoms with van der Waals surface area (Å²) in [4.78, 5) is 25.1. The average Bonchev–Trinajstić information content (AvgIpc) is 2.66. The summed E-state index contributed by atoms with van der Waals surface area (Å²) in [6, 6.07) is 13.4. The molecule has 1 heterocycles. The lowest BCUT2D eigenvalue weighted by Crippen LogP contribution is -2.47. The van der Waals surface area contributed by atoms with Crippen LogP contribution in [0.1, 0.15) is 24.2 Å². The molecule has 2 amide bonds. The van der Waals surface area contributed by atoms with Crippen LogP contribution in [0, 0.1) is 5.92 Å². The lowest BCUT2D eigenvalue weighted by molar-refractivity contribution is -0.118. The fourth-order valence-electron chi connectivity index (χ4n) is 2.69. The molecule has 1 unspecified atom stereocenters. The number of anilines is 1. The minimum atomic E-state index is -0.657. The zero-order chi connectivity index (χ0) is 18.5. The molecule has 136 valence electrons. The molecule has 1 atom stereocenters.